The van der Waals surface area contributed by atoms with Gasteiger partial charge < -0.3 is 14.5 Å². The molecule has 140 valence electrons. The van der Waals surface area contributed by atoms with Gasteiger partial charge in [0.2, 0.25) is 11.7 Å². The first-order valence-corrected chi connectivity index (χ1v) is 8.98. The van der Waals surface area contributed by atoms with E-state index in [-0.39, 0.29) is 18.1 Å². The number of amides is 1. The normalized spacial score (nSPS) is 10.9. The first-order valence-electron chi connectivity index (χ1n) is 8.98. The van der Waals surface area contributed by atoms with Crippen LogP contribution in [0.5, 0.6) is 0 Å². The van der Waals surface area contributed by atoms with Crippen LogP contribution in [0.2, 0.25) is 0 Å². The fraction of sp³-hybridized carbons (Fsp3) is 0.136. The van der Waals surface area contributed by atoms with Crippen molar-refractivity contribution in [3.8, 4) is 0 Å². The van der Waals surface area contributed by atoms with Gasteiger partial charge in [0.1, 0.15) is 0 Å². The second kappa shape index (κ2) is 7.15. The summed E-state index contributed by atoms with van der Waals surface area (Å²) in [6.07, 6.45) is 5.60. The molecule has 0 fully saturated rings. The summed E-state index contributed by atoms with van der Waals surface area (Å²) in [5.74, 6) is 0.133. The summed E-state index contributed by atoms with van der Waals surface area (Å²) in [6, 6.07) is 14.9. The number of anilines is 1. The molecule has 1 N–H and O–H groups in total. The highest BCUT2D eigenvalue weighted by molar-refractivity contribution is 6.07. The number of para-hydroxylation sites is 1. The van der Waals surface area contributed by atoms with Crippen LogP contribution < -0.4 is 5.32 Å². The monoisotopic (exact) mass is 372 g/mol. The van der Waals surface area contributed by atoms with E-state index in [9.17, 15) is 9.59 Å². The quantitative estimate of drug-likeness (QED) is 0.547. The van der Waals surface area contributed by atoms with Gasteiger partial charge in [-0.3, -0.25) is 9.59 Å². The van der Waals surface area contributed by atoms with E-state index in [0.717, 1.165) is 16.5 Å². The van der Waals surface area contributed by atoms with Gasteiger partial charge in [-0.05, 0) is 35.9 Å². The molecule has 0 unspecified atom stereocenters. The number of nitrogens with zero attached hydrogens (tertiary/aromatic N) is 3. The van der Waals surface area contributed by atoms with Crippen LogP contribution in [-0.4, -0.2) is 25.8 Å². The summed E-state index contributed by atoms with van der Waals surface area (Å²) >= 11 is 0. The van der Waals surface area contributed by atoms with Crippen molar-refractivity contribution < 1.29 is 9.59 Å². The highest BCUT2D eigenvalue weighted by Gasteiger charge is 2.14. The molecule has 0 aliphatic carbocycles. The number of rotatable bonds is 5. The van der Waals surface area contributed by atoms with Gasteiger partial charge in [-0.1, -0.05) is 18.2 Å². The molecule has 2 heterocycles. The number of hydrogen-bond donors (Lipinski definition) is 1. The highest BCUT2D eigenvalue weighted by atomic mass is 16.1. The standard InChI is InChI=1S/C22H20N4O2/c1-25-12-11-23-22(25)21(28)15-7-9-17(10-8-15)24-20(27)13-16-14-26(2)19-6-4-3-5-18(16)19/h3-12,14H,13H2,1-2H3,(H,24,27). The van der Waals surface area contributed by atoms with E-state index in [2.05, 4.69) is 10.3 Å². The maximum Gasteiger partial charge on any atom is 0.228 e. The van der Waals surface area contributed by atoms with Crippen LogP contribution in [0, 0.1) is 0 Å². The Morgan fingerprint density at radius 2 is 1.75 bits per heavy atom. The van der Waals surface area contributed by atoms with E-state index in [1.165, 1.54) is 0 Å². The first-order chi connectivity index (χ1) is 13.5. The van der Waals surface area contributed by atoms with E-state index in [4.69, 9.17) is 0 Å². The number of aromatic nitrogens is 3. The summed E-state index contributed by atoms with van der Waals surface area (Å²) in [5.41, 5.74) is 3.27. The van der Waals surface area contributed by atoms with Gasteiger partial charge in [-0.25, -0.2) is 4.98 Å². The summed E-state index contributed by atoms with van der Waals surface area (Å²) < 4.78 is 3.71. The van der Waals surface area contributed by atoms with Crippen molar-refractivity contribution in [3.05, 3.63) is 84.1 Å². The minimum Gasteiger partial charge on any atom is -0.350 e. The van der Waals surface area contributed by atoms with Crippen LogP contribution in [0.3, 0.4) is 0 Å². The summed E-state index contributed by atoms with van der Waals surface area (Å²) in [6.45, 7) is 0. The Morgan fingerprint density at radius 3 is 2.46 bits per heavy atom. The molecule has 0 atom stereocenters. The molecule has 0 saturated heterocycles. The molecule has 0 aliphatic heterocycles. The Hall–Kier alpha value is -3.67. The molecule has 28 heavy (non-hydrogen) atoms. The number of fused-ring (bicyclic) bond motifs is 1. The molecule has 1 amide bonds. The largest absolute Gasteiger partial charge is 0.350 e. The van der Waals surface area contributed by atoms with Crippen LogP contribution >= 0.6 is 0 Å². The van der Waals surface area contributed by atoms with Gasteiger partial charge in [-0.15, -0.1) is 0 Å². The molecule has 4 aromatic rings. The Bertz CT molecular complexity index is 1170. The number of carbonyl (C=O) groups excluding carboxylic acids is 2. The number of aryl methyl sites for hydroxylation is 2. The minimum atomic E-state index is -0.152. The Morgan fingerprint density at radius 1 is 1.00 bits per heavy atom. The topological polar surface area (TPSA) is 68.9 Å². The van der Waals surface area contributed by atoms with E-state index in [1.807, 2.05) is 42.1 Å². The van der Waals surface area contributed by atoms with Gasteiger partial charge in [0.15, 0.2) is 5.82 Å². The van der Waals surface area contributed by atoms with Crippen molar-refractivity contribution in [2.24, 2.45) is 14.1 Å². The van der Waals surface area contributed by atoms with Crippen molar-refractivity contribution in [1.82, 2.24) is 14.1 Å². The average molecular weight is 372 g/mol. The average Bonchev–Trinajstić information content (AvgIpc) is 3.26. The van der Waals surface area contributed by atoms with Crippen LogP contribution in [0.4, 0.5) is 5.69 Å². The van der Waals surface area contributed by atoms with E-state index >= 15 is 0 Å². The van der Waals surface area contributed by atoms with Crippen molar-refractivity contribution in [1.29, 1.82) is 0 Å². The Balaban J connectivity index is 1.46. The summed E-state index contributed by atoms with van der Waals surface area (Å²) in [7, 11) is 3.75. The predicted molar refractivity (Wildman–Crippen MR) is 108 cm³/mol. The van der Waals surface area contributed by atoms with Crippen LogP contribution in [0.15, 0.2) is 67.1 Å². The molecular weight excluding hydrogens is 352 g/mol. The number of imidazole rings is 1. The number of benzene rings is 2. The third-order valence-electron chi connectivity index (χ3n) is 4.79. The fourth-order valence-corrected chi connectivity index (χ4v) is 3.36. The molecule has 6 heteroatoms. The van der Waals surface area contributed by atoms with Crippen molar-refractivity contribution in [2.45, 2.75) is 6.42 Å². The lowest BCUT2D eigenvalue weighted by Gasteiger charge is -2.06. The van der Waals surface area contributed by atoms with E-state index in [0.29, 0.717) is 17.1 Å². The van der Waals surface area contributed by atoms with E-state index < -0.39 is 0 Å². The van der Waals surface area contributed by atoms with Crippen molar-refractivity contribution in [3.63, 3.8) is 0 Å². The second-order valence-electron chi connectivity index (χ2n) is 6.78. The molecule has 4 rings (SSSR count). The zero-order chi connectivity index (χ0) is 19.7. The molecule has 0 radical (unpaired) electrons. The lowest BCUT2D eigenvalue weighted by atomic mass is 10.1. The lowest BCUT2D eigenvalue weighted by Crippen LogP contribution is -2.14. The maximum atomic E-state index is 12.5. The molecule has 2 aromatic heterocycles. The smallest absolute Gasteiger partial charge is 0.228 e. The minimum absolute atomic E-state index is 0.0977. The third kappa shape index (κ3) is 3.32. The summed E-state index contributed by atoms with van der Waals surface area (Å²) in [4.78, 5) is 29.0. The van der Waals surface area contributed by atoms with Gasteiger partial charge >= 0.3 is 0 Å². The summed E-state index contributed by atoms with van der Waals surface area (Å²) in [5, 5.41) is 3.98. The van der Waals surface area contributed by atoms with Gasteiger partial charge in [0.05, 0.1) is 6.42 Å². The number of nitrogens with one attached hydrogen (secondary N) is 1. The highest BCUT2D eigenvalue weighted by Crippen LogP contribution is 2.21. The van der Waals surface area contributed by atoms with Crippen LogP contribution in [0.1, 0.15) is 21.7 Å². The van der Waals surface area contributed by atoms with Gasteiger partial charge in [-0.2, -0.15) is 0 Å². The first kappa shape index (κ1) is 17.7. The van der Waals surface area contributed by atoms with E-state index in [1.54, 1.807) is 48.3 Å². The SMILES string of the molecule is Cn1ccnc1C(=O)c1ccc(NC(=O)Cc2cn(C)c3ccccc23)cc1. The molecule has 0 spiro atoms. The zero-order valence-corrected chi connectivity index (χ0v) is 15.7. The van der Waals surface area contributed by atoms with Gasteiger partial charge in [0.25, 0.3) is 0 Å². The van der Waals surface area contributed by atoms with Gasteiger partial charge in [0, 0.05) is 54.8 Å². The van der Waals surface area contributed by atoms with Crippen LogP contribution in [-0.2, 0) is 25.3 Å². The third-order valence-corrected chi connectivity index (χ3v) is 4.79. The molecule has 0 bridgehead atoms. The molecule has 6 nitrogen and oxygen atoms in total. The Kier molecular flexibility index (Phi) is 4.53. The number of hydrogen-bond acceptors (Lipinski definition) is 3. The van der Waals surface area contributed by atoms with Crippen molar-refractivity contribution in [2.75, 3.05) is 5.32 Å². The molecule has 0 saturated carbocycles. The number of carbonyl (C=O) groups is 2. The molecular formula is C22H20N4O2. The Labute approximate surface area is 162 Å². The zero-order valence-electron chi connectivity index (χ0n) is 15.7. The second-order valence-corrected chi connectivity index (χ2v) is 6.78. The predicted octanol–water partition coefficient (Wildman–Crippen LogP) is 3.32. The van der Waals surface area contributed by atoms with Crippen LogP contribution in [0.25, 0.3) is 10.9 Å². The maximum absolute atomic E-state index is 12.5. The number of ketones is 1. The molecule has 2 aromatic carbocycles. The van der Waals surface area contributed by atoms with Crippen molar-refractivity contribution >= 4 is 28.3 Å². The molecule has 0 aliphatic rings. The lowest BCUT2D eigenvalue weighted by molar-refractivity contribution is -0.115. The fourth-order valence-electron chi connectivity index (χ4n) is 3.36.